The number of carbonyl (C=O) groups is 1. The van der Waals surface area contributed by atoms with Crippen LogP contribution in [0.5, 0.6) is 0 Å². The van der Waals surface area contributed by atoms with Gasteiger partial charge >= 0.3 is 0 Å². The summed E-state index contributed by atoms with van der Waals surface area (Å²) in [6, 6.07) is 2.11. The maximum absolute atomic E-state index is 11.9. The quantitative estimate of drug-likeness (QED) is 0.716. The van der Waals surface area contributed by atoms with Crippen LogP contribution in [0.1, 0.15) is 17.7 Å². The molecule has 88 valence electrons. The summed E-state index contributed by atoms with van der Waals surface area (Å²) in [5, 5.41) is 13.3. The second-order valence-corrected chi connectivity index (χ2v) is 4.22. The second-order valence-electron chi connectivity index (χ2n) is 4.22. The Morgan fingerprint density at radius 1 is 1.65 bits per heavy atom. The lowest BCUT2D eigenvalue weighted by atomic mass is 10.1. The number of nitrogens with zero attached hydrogens (tertiary/aromatic N) is 4. The predicted octanol–water partition coefficient (Wildman–Crippen LogP) is 1.14. The first-order chi connectivity index (χ1) is 8.08. The number of hydrogen-bond donors (Lipinski definition) is 0. The van der Waals surface area contributed by atoms with Crippen LogP contribution in [0.25, 0.3) is 0 Å². The summed E-state index contributed by atoms with van der Waals surface area (Å²) in [6.07, 6.45) is 2.24. The molecule has 1 fully saturated rings. The lowest BCUT2D eigenvalue weighted by molar-refractivity contribution is -0.117. The smallest absolute Gasteiger partial charge is 0.228 e. The average Bonchev–Trinajstić information content (AvgIpc) is 2.78. The molecule has 1 aromatic rings. The number of hydrogen-bond acceptors (Lipinski definition) is 3. The highest BCUT2D eigenvalue weighted by molar-refractivity contribution is 5.96. The fourth-order valence-electron chi connectivity index (χ4n) is 2.18. The van der Waals surface area contributed by atoms with E-state index in [-0.39, 0.29) is 11.8 Å². The Hall–Kier alpha value is -2.09. The predicted molar refractivity (Wildman–Crippen MR) is 63.3 cm³/mol. The highest BCUT2D eigenvalue weighted by Gasteiger charge is 2.32. The summed E-state index contributed by atoms with van der Waals surface area (Å²) in [5.41, 5.74) is 1.13. The summed E-state index contributed by atoms with van der Waals surface area (Å²) in [7, 11) is 1.75. The van der Waals surface area contributed by atoms with Crippen molar-refractivity contribution in [3.8, 4) is 6.07 Å². The van der Waals surface area contributed by atoms with Crippen LogP contribution in [0.3, 0.4) is 0 Å². The highest BCUT2D eigenvalue weighted by Crippen LogP contribution is 2.29. The van der Waals surface area contributed by atoms with Crippen LogP contribution in [-0.4, -0.2) is 22.2 Å². The Kier molecular flexibility index (Phi) is 2.72. The van der Waals surface area contributed by atoms with Crippen LogP contribution < -0.4 is 4.90 Å². The summed E-state index contributed by atoms with van der Waals surface area (Å²) >= 11 is 0. The van der Waals surface area contributed by atoms with E-state index in [2.05, 4.69) is 17.7 Å². The summed E-state index contributed by atoms with van der Waals surface area (Å²) < 4.78 is 1.59. The number of aromatic nitrogens is 2. The molecule has 2 rings (SSSR count). The molecule has 0 spiro atoms. The Morgan fingerprint density at radius 3 is 2.88 bits per heavy atom. The second kappa shape index (κ2) is 4.06. The van der Waals surface area contributed by atoms with Gasteiger partial charge in [0.25, 0.3) is 0 Å². The summed E-state index contributed by atoms with van der Waals surface area (Å²) in [4.78, 5) is 13.5. The normalized spacial score (nSPS) is 19.5. The van der Waals surface area contributed by atoms with E-state index >= 15 is 0 Å². The molecule has 1 amide bonds. The van der Waals surface area contributed by atoms with Crippen molar-refractivity contribution in [2.24, 2.45) is 13.0 Å². The van der Waals surface area contributed by atoms with Crippen molar-refractivity contribution in [2.75, 3.05) is 11.4 Å². The van der Waals surface area contributed by atoms with Gasteiger partial charge in [0.2, 0.25) is 5.91 Å². The van der Waals surface area contributed by atoms with Gasteiger partial charge in [-0.15, -0.1) is 6.58 Å². The average molecular weight is 230 g/mol. The lowest BCUT2D eigenvalue weighted by Crippen LogP contribution is -2.27. The third-order valence-corrected chi connectivity index (χ3v) is 3.05. The zero-order chi connectivity index (χ0) is 12.6. The van der Waals surface area contributed by atoms with Crippen LogP contribution in [0, 0.1) is 24.2 Å². The monoisotopic (exact) mass is 230 g/mol. The molecule has 1 unspecified atom stereocenters. The molecule has 1 aliphatic heterocycles. The van der Waals surface area contributed by atoms with Gasteiger partial charge in [-0.25, -0.2) is 0 Å². The highest BCUT2D eigenvalue weighted by atomic mass is 16.2. The first-order valence-corrected chi connectivity index (χ1v) is 5.45. The molecule has 0 N–H and O–H groups in total. The van der Waals surface area contributed by atoms with Crippen molar-refractivity contribution in [3.05, 3.63) is 23.9 Å². The number of anilines is 1. The number of rotatable bonds is 2. The molecule has 1 atom stereocenters. The zero-order valence-corrected chi connectivity index (χ0v) is 9.97. The van der Waals surface area contributed by atoms with Crippen molar-refractivity contribution in [1.29, 1.82) is 5.26 Å². The Bertz CT molecular complexity index is 523. The van der Waals surface area contributed by atoms with E-state index in [0.29, 0.717) is 30.0 Å². The summed E-state index contributed by atoms with van der Waals surface area (Å²) in [6.45, 7) is 6.06. The minimum atomic E-state index is 0.0226. The minimum Gasteiger partial charge on any atom is -0.295 e. The fraction of sp³-hybridized carbons (Fsp3) is 0.417. The van der Waals surface area contributed by atoms with Crippen LogP contribution in [0.4, 0.5) is 5.82 Å². The standard InChI is InChI=1S/C12H14N4O/c1-4-9-5-11(17)16(7-9)12-10(6-13)8(2)14-15(12)3/h4,9H,1,5,7H2,2-3H3. The zero-order valence-electron chi connectivity index (χ0n) is 9.97. The van der Waals surface area contributed by atoms with E-state index in [1.54, 1.807) is 29.6 Å². The lowest BCUT2D eigenvalue weighted by Gasteiger charge is -2.16. The Morgan fingerprint density at radius 2 is 2.35 bits per heavy atom. The molecule has 5 nitrogen and oxygen atoms in total. The molecular formula is C12H14N4O. The van der Waals surface area contributed by atoms with E-state index in [4.69, 9.17) is 5.26 Å². The van der Waals surface area contributed by atoms with Crippen molar-refractivity contribution in [3.63, 3.8) is 0 Å². The summed E-state index contributed by atoms with van der Waals surface area (Å²) in [5.74, 6) is 0.776. The molecule has 0 saturated carbocycles. The largest absolute Gasteiger partial charge is 0.295 e. The minimum absolute atomic E-state index is 0.0226. The van der Waals surface area contributed by atoms with Crippen molar-refractivity contribution < 1.29 is 4.79 Å². The van der Waals surface area contributed by atoms with E-state index in [1.165, 1.54) is 0 Å². The number of nitriles is 1. The Labute approximate surface area is 99.9 Å². The Balaban J connectivity index is 2.45. The maximum Gasteiger partial charge on any atom is 0.228 e. The SMILES string of the molecule is C=CC1CC(=O)N(c2c(C#N)c(C)nn2C)C1. The van der Waals surface area contributed by atoms with Gasteiger partial charge in [0, 0.05) is 25.9 Å². The fourth-order valence-corrected chi connectivity index (χ4v) is 2.18. The molecule has 0 aromatic carbocycles. The molecule has 0 radical (unpaired) electrons. The number of carbonyl (C=O) groups excluding carboxylic acids is 1. The van der Waals surface area contributed by atoms with Crippen molar-refractivity contribution in [2.45, 2.75) is 13.3 Å². The van der Waals surface area contributed by atoms with Gasteiger partial charge in [0.15, 0.2) is 5.82 Å². The van der Waals surface area contributed by atoms with Crippen LogP contribution in [-0.2, 0) is 11.8 Å². The molecule has 1 aliphatic rings. The topological polar surface area (TPSA) is 61.9 Å². The van der Waals surface area contributed by atoms with E-state index in [1.807, 2.05) is 0 Å². The number of amides is 1. The molecule has 17 heavy (non-hydrogen) atoms. The van der Waals surface area contributed by atoms with Gasteiger partial charge < -0.3 is 0 Å². The van der Waals surface area contributed by atoms with Crippen LogP contribution >= 0.6 is 0 Å². The van der Waals surface area contributed by atoms with E-state index < -0.39 is 0 Å². The van der Waals surface area contributed by atoms with Crippen molar-refractivity contribution >= 4 is 11.7 Å². The third-order valence-electron chi connectivity index (χ3n) is 3.05. The van der Waals surface area contributed by atoms with Crippen LogP contribution in [0.2, 0.25) is 0 Å². The van der Waals surface area contributed by atoms with Gasteiger partial charge in [-0.05, 0) is 6.92 Å². The van der Waals surface area contributed by atoms with Gasteiger partial charge in [0.05, 0.1) is 5.69 Å². The van der Waals surface area contributed by atoms with E-state index in [9.17, 15) is 4.79 Å². The molecular weight excluding hydrogens is 216 g/mol. The molecule has 0 bridgehead atoms. The molecule has 1 saturated heterocycles. The van der Waals surface area contributed by atoms with Gasteiger partial charge in [-0.2, -0.15) is 10.4 Å². The van der Waals surface area contributed by atoms with E-state index in [0.717, 1.165) is 0 Å². The number of aryl methyl sites for hydroxylation is 2. The van der Waals surface area contributed by atoms with Gasteiger partial charge in [-0.1, -0.05) is 6.08 Å². The van der Waals surface area contributed by atoms with Crippen molar-refractivity contribution in [1.82, 2.24) is 9.78 Å². The van der Waals surface area contributed by atoms with Gasteiger partial charge in [0.1, 0.15) is 11.6 Å². The molecule has 2 heterocycles. The first kappa shape index (κ1) is 11.4. The molecule has 1 aromatic heterocycles. The van der Waals surface area contributed by atoms with Crippen LogP contribution in [0.15, 0.2) is 12.7 Å². The first-order valence-electron chi connectivity index (χ1n) is 5.45. The molecule has 5 heteroatoms. The third kappa shape index (κ3) is 1.72. The molecule has 0 aliphatic carbocycles. The van der Waals surface area contributed by atoms with Gasteiger partial charge in [-0.3, -0.25) is 14.4 Å². The maximum atomic E-state index is 11.9.